The summed E-state index contributed by atoms with van der Waals surface area (Å²) in [5.74, 6) is -0.329. The lowest BCUT2D eigenvalue weighted by molar-refractivity contribution is 0.0950. The van der Waals surface area contributed by atoms with Gasteiger partial charge in [-0.25, -0.2) is 8.42 Å². The molecule has 5 nitrogen and oxygen atoms in total. The van der Waals surface area contributed by atoms with Crippen molar-refractivity contribution in [1.29, 1.82) is 0 Å². The first-order valence-corrected chi connectivity index (χ1v) is 11.4. The molecule has 6 heteroatoms. The molecule has 4 rings (SSSR count). The van der Waals surface area contributed by atoms with Gasteiger partial charge in [-0.1, -0.05) is 60.7 Å². The summed E-state index contributed by atoms with van der Waals surface area (Å²) in [6, 6.07) is 27.4. The molecule has 31 heavy (non-hydrogen) atoms. The molecule has 156 valence electrons. The molecule has 0 heterocycles. The van der Waals surface area contributed by atoms with Crippen molar-refractivity contribution < 1.29 is 13.2 Å². The second-order valence-corrected chi connectivity index (χ2v) is 8.97. The second-order valence-electron chi connectivity index (χ2n) is 7.32. The van der Waals surface area contributed by atoms with Crippen molar-refractivity contribution in [1.82, 2.24) is 5.32 Å². The standard InChI is InChI=1S/C25H22N2O3S/c1-18-11-13-22(16-24(18)31(29,30)27-23-9-3-2-4-10-23)25(28)26-17-19-12-14-20-7-5-6-8-21(20)15-19/h2-16,27H,17H2,1H3,(H,26,28). The van der Waals surface area contributed by atoms with Crippen LogP contribution in [0, 0.1) is 6.92 Å². The Hall–Kier alpha value is -3.64. The van der Waals surface area contributed by atoms with Gasteiger partial charge in [-0.3, -0.25) is 9.52 Å². The highest BCUT2D eigenvalue weighted by Gasteiger charge is 2.19. The Morgan fingerprint density at radius 2 is 1.52 bits per heavy atom. The minimum Gasteiger partial charge on any atom is -0.348 e. The number of benzene rings is 4. The zero-order valence-corrected chi connectivity index (χ0v) is 17.8. The predicted molar refractivity (Wildman–Crippen MR) is 124 cm³/mol. The van der Waals surface area contributed by atoms with E-state index < -0.39 is 10.0 Å². The maximum Gasteiger partial charge on any atom is 0.262 e. The number of rotatable bonds is 6. The zero-order chi connectivity index (χ0) is 21.8. The zero-order valence-electron chi connectivity index (χ0n) is 17.0. The Labute approximate surface area is 181 Å². The van der Waals surface area contributed by atoms with Gasteiger partial charge in [0, 0.05) is 17.8 Å². The second kappa shape index (κ2) is 8.62. The van der Waals surface area contributed by atoms with Crippen molar-refractivity contribution in [3.63, 3.8) is 0 Å². The first-order valence-electron chi connectivity index (χ1n) is 9.87. The Bertz CT molecular complexity index is 1350. The Balaban J connectivity index is 1.52. The topological polar surface area (TPSA) is 75.3 Å². The molecule has 0 aliphatic carbocycles. The molecule has 0 fully saturated rings. The third-order valence-electron chi connectivity index (χ3n) is 5.03. The van der Waals surface area contributed by atoms with E-state index in [9.17, 15) is 13.2 Å². The van der Waals surface area contributed by atoms with Crippen LogP contribution in [0.25, 0.3) is 10.8 Å². The number of sulfonamides is 1. The molecule has 0 saturated carbocycles. The summed E-state index contributed by atoms with van der Waals surface area (Å²) < 4.78 is 28.3. The van der Waals surface area contributed by atoms with Crippen molar-refractivity contribution in [2.24, 2.45) is 0 Å². The van der Waals surface area contributed by atoms with Crippen molar-refractivity contribution >= 4 is 32.4 Å². The summed E-state index contributed by atoms with van der Waals surface area (Å²) in [6.07, 6.45) is 0. The van der Waals surface area contributed by atoms with E-state index in [-0.39, 0.29) is 10.8 Å². The van der Waals surface area contributed by atoms with Crippen LogP contribution < -0.4 is 10.0 Å². The van der Waals surface area contributed by atoms with Crippen LogP contribution in [0.3, 0.4) is 0 Å². The van der Waals surface area contributed by atoms with E-state index >= 15 is 0 Å². The molecular weight excluding hydrogens is 408 g/mol. The molecule has 0 aromatic heterocycles. The van der Waals surface area contributed by atoms with E-state index in [0.29, 0.717) is 23.4 Å². The van der Waals surface area contributed by atoms with Gasteiger partial charge in [0.05, 0.1) is 4.90 Å². The van der Waals surface area contributed by atoms with Gasteiger partial charge in [-0.05, 0) is 59.2 Å². The molecule has 2 N–H and O–H groups in total. The normalized spacial score (nSPS) is 11.3. The van der Waals surface area contributed by atoms with Crippen molar-refractivity contribution in [2.75, 3.05) is 4.72 Å². The molecule has 0 radical (unpaired) electrons. The minimum absolute atomic E-state index is 0.0784. The fraction of sp³-hybridized carbons (Fsp3) is 0.0800. The highest BCUT2D eigenvalue weighted by atomic mass is 32.2. The van der Waals surface area contributed by atoms with Crippen LogP contribution >= 0.6 is 0 Å². The number of nitrogens with one attached hydrogen (secondary N) is 2. The number of para-hydroxylation sites is 1. The number of carbonyl (C=O) groups excluding carboxylic acids is 1. The molecule has 0 bridgehead atoms. The average Bonchev–Trinajstić information content (AvgIpc) is 2.78. The first kappa shape index (κ1) is 20.6. The summed E-state index contributed by atoms with van der Waals surface area (Å²) in [5.41, 5.74) is 2.29. The third kappa shape index (κ3) is 4.75. The molecule has 4 aromatic carbocycles. The molecule has 1 amide bonds. The van der Waals surface area contributed by atoms with E-state index in [1.165, 1.54) is 6.07 Å². The van der Waals surface area contributed by atoms with Crippen LogP contribution in [0.2, 0.25) is 0 Å². The summed E-state index contributed by atoms with van der Waals surface area (Å²) in [6.45, 7) is 2.05. The summed E-state index contributed by atoms with van der Waals surface area (Å²) in [4.78, 5) is 12.8. The number of carbonyl (C=O) groups is 1. The van der Waals surface area contributed by atoms with Crippen LogP contribution in [0.5, 0.6) is 0 Å². The van der Waals surface area contributed by atoms with E-state index in [1.54, 1.807) is 43.3 Å². The minimum atomic E-state index is -3.82. The monoisotopic (exact) mass is 430 g/mol. The maximum absolute atomic E-state index is 12.9. The van der Waals surface area contributed by atoms with Gasteiger partial charge < -0.3 is 5.32 Å². The highest BCUT2D eigenvalue weighted by Crippen LogP contribution is 2.21. The quantitative estimate of drug-likeness (QED) is 0.458. The Kier molecular flexibility index (Phi) is 5.73. The Morgan fingerprint density at radius 3 is 2.29 bits per heavy atom. The van der Waals surface area contributed by atoms with Gasteiger partial charge in [0.15, 0.2) is 0 Å². The fourth-order valence-corrected chi connectivity index (χ4v) is 4.71. The third-order valence-corrected chi connectivity index (χ3v) is 6.56. The van der Waals surface area contributed by atoms with E-state index in [4.69, 9.17) is 0 Å². The number of fused-ring (bicyclic) bond motifs is 1. The highest BCUT2D eigenvalue weighted by molar-refractivity contribution is 7.92. The molecule has 0 atom stereocenters. The lowest BCUT2D eigenvalue weighted by Gasteiger charge is -2.12. The number of hydrogen-bond donors (Lipinski definition) is 2. The molecular formula is C25H22N2O3S. The molecule has 0 aliphatic heterocycles. The Morgan fingerprint density at radius 1 is 0.806 bits per heavy atom. The van der Waals surface area contributed by atoms with E-state index in [1.807, 2.05) is 48.5 Å². The molecule has 0 saturated heterocycles. The first-order chi connectivity index (χ1) is 14.9. The van der Waals surface area contributed by atoms with Crippen LogP contribution in [0.15, 0.2) is 95.9 Å². The number of hydrogen-bond acceptors (Lipinski definition) is 3. The number of anilines is 1. The van der Waals surface area contributed by atoms with Crippen molar-refractivity contribution in [3.8, 4) is 0 Å². The van der Waals surface area contributed by atoms with E-state index in [2.05, 4.69) is 10.0 Å². The molecule has 0 aliphatic rings. The predicted octanol–water partition coefficient (Wildman–Crippen LogP) is 4.88. The van der Waals surface area contributed by atoms with Gasteiger partial charge in [0.25, 0.3) is 15.9 Å². The van der Waals surface area contributed by atoms with Crippen molar-refractivity contribution in [2.45, 2.75) is 18.4 Å². The molecule has 0 unspecified atom stereocenters. The largest absolute Gasteiger partial charge is 0.348 e. The van der Waals surface area contributed by atoms with E-state index in [0.717, 1.165) is 16.3 Å². The van der Waals surface area contributed by atoms with Gasteiger partial charge in [0.1, 0.15) is 0 Å². The van der Waals surface area contributed by atoms with Crippen LogP contribution in [-0.4, -0.2) is 14.3 Å². The summed E-state index contributed by atoms with van der Waals surface area (Å²) in [7, 11) is -3.82. The van der Waals surface area contributed by atoms with Gasteiger partial charge in [-0.2, -0.15) is 0 Å². The SMILES string of the molecule is Cc1ccc(C(=O)NCc2ccc3ccccc3c2)cc1S(=O)(=O)Nc1ccccc1. The number of aryl methyl sites for hydroxylation is 1. The maximum atomic E-state index is 12.9. The fourth-order valence-electron chi connectivity index (χ4n) is 3.38. The lowest BCUT2D eigenvalue weighted by atomic mass is 10.1. The van der Waals surface area contributed by atoms with Crippen LogP contribution in [0.4, 0.5) is 5.69 Å². The van der Waals surface area contributed by atoms with Crippen LogP contribution in [0.1, 0.15) is 21.5 Å². The lowest BCUT2D eigenvalue weighted by Crippen LogP contribution is -2.23. The van der Waals surface area contributed by atoms with Gasteiger partial charge in [0.2, 0.25) is 0 Å². The summed E-state index contributed by atoms with van der Waals surface area (Å²) in [5, 5.41) is 5.11. The van der Waals surface area contributed by atoms with Crippen LogP contribution in [-0.2, 0) is 16.6 Å². The average molecular weight is 431 g/mol. The van der Waals surface area contributed by atoms with Crippen molar-refractivity contribution in [3.05, 3.63) is 108 Å². The smallest absolute Gasteiger partial charge is 0.262 e. The molecule has 0 spiro atoms. The number of amides is 1. The van der Waals surface area contributed by atoms with Gasteiger partial charge in [-0.15, -0.1) is 0 Å². The summed E-state index contributed by atoms with van der Waals surface area (Å²) >= 11 is 0. The van der Waals surface area contributed by atoms with Gasteiger partial charge >= 0.3 is 0 Å². The molecule has 4 aromatic rings.